The number of amides is 1. The molecule has 0 aromatic carbocycles. The van der Waals surface area contributed by atoms with Crippen LogP contribution in [-0.4, -0.2) is 28.1 Å². The summed E-state index contributed by atoms with van der Waals surface area (Å²) in [5, 5.41) is 15.7. The lowest BCUT2D eigenvalue weighted by Crippen LogP contribution is -2.50. The van der Waals surface area contributed by atoms with Crippen molar-refractivity contribution < 1.29 is 9.90 Å². The van der Waals surface area contributed by atoms with E-state index in [-0.39, 0.29) is 17.5 Å². The summed E-state index contributed by atoms with van der Waals surface area (Å²) < 4.78 is 0. The Labute approximate surface area is 107 Å². The molecule has 2 heterocycles. The number of aromatic nitrogens is 1. The first-order chi connectivity index (χ1) is 8.57. The van der Waals surface area contributed by atoms with E-state index in [1.54, 1.807) is 12.1 Å². The van der Waals surface area contributed by atoms with Crippen molar-refractivity contribution in [2.45, 2.75) is 38.6 Å². The van der Waals surface area contributed by atoms with Crippen LogP contribution in [0, 0.1) is 6.92 Å². The molecule has 1 aliphatic heterocycles. The lowest BCUT2D eigenvalue weighted by molar-refractivity contribution is -0.122. The first-order valence-electron chi connectivity index (χ1n) is 6.30. The Balaban J connectivity index is 2.18. The predicted molar refractivity (Wildman–Crippen MR) is 69.5 cm³/mol. The third-order valence-corrected chi connectivity index (χ3v) is 3.53. The van der Waals surface area contributed by atoms with Gasteiger partial charge in [0.05, 0.1) is 5.54 Å². The van der Waals surface area contributed by atoms with Gasteiger partial charge in [-0.25, -0.2) is 4.98 Å². The van der Waals surface area contributed by atoms with Crippen molar-refractivity contribution >= 4 is 11.7 Å². The summed E-state index contributed by atoms with van der Waals surface area (Å²) in [6.45, 7) is 4.66. The minimum atomic E-state index is -0.516. The zero-order valence-corrected chi connectivity index (χ0v) is 10.8. The smallest absolute Gasteiger partial charge is 0.245 e. The standard InChI is InChI=1S/C13H19N3O2/c1-3-13(7-4-8-14-13)12(18)16-11-10(17)6-5-9(2)15-11/h5-6,14,17H,3-4,7-8H2,1-2H3,(H,15,16,18). The molecule has 0 saturated carbocycles. The molecule has 1 saturated heterocycles. The average Bonchev–Trinajstić information content (AvgIpc) is 2.84. The number of carbonyl (C=O) groups is 1. The van der Waals surface area contributed by atoms with Crippen molar-refractivity contribution in [3.8, 4) is 5.75 Å². The number of pyridine rings is 1. The fourth-order valence-corrected chi connectivity index (χ4v) is 2.33. The van der Waals surface area contributed by atoms with E-state index in [4.69, 9.17) is 0 Å². The molecule has 0 spiro atoms. The molecule has 0 bridgehead atoms. The van der Waals surface area contributed by atoms with Gasteiger partial charge in [0.2, 0.25) is 5.91 Å². The van der Waals surface area contributed by atoms with E-state index in [1.165, 1.54) is 0 Å². The van der Waals surface area contributed by atoms with Crippen LogP contribution in [0.15, 0.2) is 12.1 Å². The molecule has 1 aliphatic rings. The maximum atomic E-state index is 12.3. The molecule has 1 aromatic rings. The van der Waals surface area contributed by atoms with Crippen molar-refractivity contribution in [1.29, 1.82) is 0 Å². The summed E-state index contributed by atoms with van der Waals surface area (Å²) >= 11 is 0. The van der Waals surface area contributed by atoms with E-state index >= 15 is 0 Å². The van der Waals surface area contributed by atoms with Gasteiger partial charge in [-0.15, -0.1) is 0 Å². The van der Waals surface area contributed by atoms with Crippen molar-refractivity contribution in [2.75, 3.05) is 11.9 Å². The highest BCUT2D eigenvalue weighted by molar-refractivity contribution is 5.98. The van der Waals surface area contributed by atoms with Gasteiger partial charge in [0.1, 0.15) is 0 Å². The number of anilines is 1. The summed E-state index contributed by atoms with van der Waals surface area (Å²) in [7, 11) is 0. The summed E-state index contributed by atoms with van der Waals surface area (Å²) in [6, 6.07) is 3.24. The maximum Gasteiger partial charge on any atom is 0.245 e. The highest BCUT2D eigenvalue weighted by Crippen LogP contribution is 2.27. The molecule has 5 heteroatoms. The quantitative estimate of drug-likeness (QED) is 0.760. The Bertz CT molecular complexity index is 454. The van der Waals surface area contributed by atoms with Gasteiger partial charge in [-0.2, -0.15) is 0 Å². The lowest BCUT2D eigenvalue weighted by atomic mass is 9.93. The van der Waals surface area contributed by atoms with Crippen molar-refractivity contribution in [2.24, 2.45) is 0 Å². The third kappa shape index (κ3) is 2.31. The van der Waals surface area contributed by atoms with Crippen LogP contribution in [0.3, 0.4) is 0 Å². The van der Waals surface area contributed by atoms with Crippen LogP contribution in [0.2, 0.25) is 0 Å². The molecule has 5 nitrogen and oxygen atoms in total. The minimum absolute atomic E-state index is 0.00167. The monoisotopic (exact) mass is 249 g/mol. The van der Waals surface area contributed by atoms with E-state index in [2.05, 4.69) is 15.6 Å². The SMILES string of the molecule is CCC1(C(=O)Nc2nc(C)ccc2O)CCCN1. The molecule has 98 valence electrons. The second-order valence-electron chi connectivity index (χ2n) is 4.74. The van der Waals surface area contributed by atoms with E-state index < -0.39 is 5.54 Å². The summed E-state index contributed by atoms with van der Waals surface area (Å²) in [4.78, 5) is 16.4. The van der Waals surface area contributed by atoms with Gasteiger partial charge >= 0.3 is 0 Å². The van der Waals surface area contributed by atoms with Gasteiger partial charge < -0.3 is 15.7 Å². The van der Waals surface area contributed by atoms with E-state index in [1.807, 2.05) is 13.8 Å². The van der Waals surface area contributed by atoms with Crippen LogP contribution in [0.1, 0.15) is 31.9 Å². The van der Waals surface area contributed by atoms with Gasteiger partial charge in [-0.3, -0.25) is 4.79 Å². The summed E-state index contributed by atoms with van der Waals surface area (Å²) in [6.07, 6.45) is 2.54. The van der Waals surface area contributed by atoms with Crippen molar-refractivity contribution in [3.63, 3.8) is 0 Å². The van der Waals surface area contributed by atoms with E-state index in [0.29, 0.717) is 0 Å². The Morgan fingerprint density at radius 3 is 3.00 bits per heavy atom. The van der Waals surface area contributed by atoms with Crippen molar-refractivity contribution in [1.82, 2.24) is 10.3 Å². The Morgan fingerprint density at radius 1 is 1.61 bits per heavy atom. The van der Waals surface area contributed by atoms with Crippen LogP contribution in [0.25, 0.3) is 0 Å². The van der Waals surface area contributed by atoms with Gasteiger partial charge in [0.25, 0.3) is 0 Å². The zero-order chi connectivity index (χ0) is 13.2. The number of nitrogens with zero attached hydrogens (tertiary/aromatic N) is 1. The minimum Gasteiger partial charge on any atom is -0.504 e. The molecule has 1 aromatic heterocycles. The third-order valence-electron chi connectivity index (χ3n) is 3.53. The number of aromatic hydroxyl groups is 1. The first kappa shape index (κ1) is 12.8. The number of rotatable bonds is 3. The van der Waals surface area contributed by atoms with Gasteiger partial charge in [0.15, 0.2) is 11.6 Å². The van der Waals surface area contributed by atoms with Gasteiger partial charge in [-0.1, -0.05) is 6.92 Å². The summed E-state index contributed by atoms with van der Waals surface area (Å²) in [5.74, 6) is 0.121. The second kappa shape index (κ2) is 4.94. The molecular weight excluding hydrogens is 230 g/mol. The van der Waals surface area contributed by atoms with Crippen LogP contribution >= 0.6 is 0 Å². The largest absolute Gasteiger partial charge is 0.504 e. The highest BCUT2D eigenvalue weighted by atomic mass is 16.3. The van der Waals surface area contributed by atoms with E-state index in [9.17, 15) is 9.90 Å². The number of carbonyl (C=O) groups excluding carboxylic acids is 1. The molecule has 2 rings (SSSR count). The average molecular weight is 249 g/mol. The number of aryl methyl sites for hydroxylation is 1. The number of nitrogens with one attached hydrogen (secondary N) is 2. The van der Waals surface area contributed by atoms with E-state index in [0.717, 1.165) is 31.5 Å². The molecule has 1 atom stereocenters. The molecule has 1 fully saturated rings. The molecule has 0 radical (unpaired) electrons. The Kier molecular flexibility index (Phi) is 3.52. The summed E-state index contributed by atoms with van der Waals surface area (Å²) in [5.41, 5.74) is 0.241. The van der Waals surface area contributed by atoms with Crippen LogP contribution in [0.5, 0.6) is 5.75 Å². The lowest BCUT2D eigenvalue weighted by Gasteiger charge is -2.26. The van der Waals surface area contributed by atoms with Crippen LogP contribution in [-0.2, 0) is 4.79 Å². The fourth-order valence-electron chi connectivity index (χ4n) is 2.33. The topological polar surface area (TPSA) is 74.2 Å². The zero-order valence-electron chi connectivity index (χ0n) is 10.8. The predicted octanol–water partition coefficient (Wildman–Crippen LogP) is 1.57. The van der Waals surface area contributed by atoms with Crippen molar-refractivity contribution in [3.05, 3.63) is 17.8 Å². The maximum absolute atomic E-state index is 12.3. The van der Waals surface area contributed by atoms with Gasteiger partial charge in [-0.05, 0) is 44.9 Å². The van der Waals surface area contributed by atoms with Crippen LogP contribution in [0.4, 0.5) is 5.82 Å². The number of hydrogen-bond acceptors (Lipinski definition) is 4. The molecular formula is C13H19N3O2. The Hall–Kier alpha value is -1.62. The number of hydrogen-bond donors (Lipinski definition) is 3. The molecule has 1 unspecified atom stereocenters. The molecule has 3 N–H and O–H groups in total. The Morgan fingerprint density at radius 2 is 2.39 bits per heavy atom. The fraction of sp³-hybridized carbons (Fsp3) is 0.538. The van der Waals surface area contributed by atoms with Gasteiger partial charge in [0, 0.05) is 5.69 Å². The molecule has 18 heavy (non-hydrogen) atoms. The second-order valence-corrected chi connectivity index (χ2v) is 4.74. The molecule has 1 amide bonds. The normalized spacial score (nSPS) is 23.0. The first-order valence-corrected chi connectivity index (χ1v) is 6.30. The molecule has 0 aliphatic carbocycles. The highest BCUT2D eigenvalue weighted by Gasteiger charge is 2.39. The van der Waals surface area contributed by atoms with Crippen LogP contribution < -0.4 is 10.6 Å².